The minimum Gasteiger partial charge on any atom is -0.394 e. The molecule has 0 aliphatic heterocycles. The molecule has 76 valence electrons. The molecule has 12 heavy (non-hydrogen) atoms. The van der Waals surface area contributed by atoms with Crippen LogP contribution in [0.4, 0.5) is 0 Å². The van der Waals surface area contributed by atoms with Gasteiger partial charge in [0.2, 0.25) is 0 Å². The maximum Gasteiger partial charge on any atom is 0.362 e. The van der Waals surface area contributed by atoms with Gasteiger partial charge in [0.1, 0.15) is 0 Å². The molecule has 0 bridgehead atoms. The molecule has 0 radical (unpaired) electrons. The monoisotopic (exact) mass is 188 g/mol. The Labute approximate surface area is 67.2 Å². The van der Waals surface area contributed by atoms with Crippen LogP contribution < -0.4 is 0 Å². The second-order valence-corrected chi connectivity index (χ2v) is 1.72. The van der Waals surface area contributed by atoms with Gasteiger partial charge in [-0.1, -0.05) is 0 Å². The summed E-state index contributed by atoms with van der Waals surface area (Å²) in [7, 11) is 0. The van der Waals surface area contributed by atoms with E-state index < -0.39 is 11.9 Å². The largest absolute Gasteiger partial charge is 0.394 e. The summed E-state index contributed by atoms with van der Waals surface area (Å²) >= 11 is 0. The fourth-order valence-electron chi connectivity index (χ4n) is 0. The summed E-state index contributed by atoms with van der Waals surface area (Å²) in [6.07, 6.45) is 0. The van der Waals surface area contributed by atoms with E-state index in [1.165, 1.54) is 0 Å². The van der Waals surface area contributed by atoms with Crippen LogP contribution in [0.25, 0.3) is 0 Å². The van der Waals surface area contributed by atoms with Crippen LogP contribution in [0, 0.1) is 0 Å². The van der Waals surface area contributed by atoms with Gasteiger partial charge in [-0.15, -0.1) is 0 Å². The van der Waals surface area contributed by atoms with Crippen LogP contribution >= 0.6 is 0 Å². The van der Waals surface area contributed by atoms with E-state index in [1.807, 2.05) is 0 Å². The van der Waals surface area contributed by atoms with E-state index in [1.54, 1.807) is 0 Å². The van der Waals surface area contributed by atoms with Gasteiger partial charge in [-0.25, -0.2) is 0 Å². The summed E-state index contributed by atoms with van der Waals surface area (Å²) in [4.78, 5) is 0. The van der Waals surface area contributed by atoms with Gasteiger partial charge in [-0.05, 0) is 0 Å². The van der Waals surface area contributed by atoms with Crippen LogP contribution in [0.3, 0.4) is 0 Å². The van der Waals surface area contributed by atoms with Gasteiger partial charge in [0.25, 0.3) is 0 Å². The van der Waals surface area contributed by atoms with Gasteiger partial charge in [0.15, 0.2) is 0 Å². The fourth-order valence-corrected chi connectivity index (χ4v) is 0. The average Bonchev–Trinajstić information content (AvgIpc) is 1.84. The van der Waals surface area contributed by atoms with Crippen LogP contribution in [0.5, 0.6) is 0 Å². The molecule has 0 amide bonds. The number of hydrogen-bond donors (Lipinski definition) is 8. The van der Waals surface area contributed by atoms with Crippen molar-refractivity contribution in [1.82, 2.24) is 0 Å². The molecule has 8 nitrogen and oxygen atoms in total. The summed E-state index contributed by atoms with van der Waals surface area (Å²) in [5.41, 5.74) is 0. The molecule has 0 aliphatic carbocycles. The summed E-state index contributed by atoms with van der Waals surface area (Å²) in [6.45, 7) is -0.250. The highest BCUT2D eigenvalue weighted by Gasteiger charge is 2.44. The average molecular weight is 188 g/mol. The first kappa shape index (κ1) is 14.2. The lowest BCUT2D eigenvalue weighted by molar-refractivity contribution is -0.512. The summed E-state index contributed by atoms with van der Waals surface area (Å²) < 4.78 is 0. The third-order valence-corrected chi connectivity index (χ3v) is 0.550. The molecule has 8 heteroatoms. The highest BCUT2D eigenvalue weighted by atomic mass is 16.8. The Morgan fingerprint density at radius 3 is 0.750 bits per heavy atom. The van der Waals surface area contributed by atoms with E-state index in [-0.39, 0.29) is 13.2 Å². The molecule has 0 aromatic rings. The minimum atomic E-state index is -3.90. The van der Waals surface area contributed by atoms with Gasteiger partial charge in [0, 0.05) is 0 Å². The number of aliphatic hydroxyl groups excluding tert-OH is 2. The van der Waals surface area contributed by atoms with Crippen LogP contribution in [0.1, 0.15) is 0 Å². The zero-order valence-corrected chi connectivity index (χ0v) is 5.99. The molecular weight excluding hydrogens is 176 g/mol. The number of hydrogen-bond acceptors (Lipinski definition) is 8. The van der Waals surface area contributed by atoms with Crippen LogP contribution in [0.2, 0.25) is 0 Å². The Bertz CT molecular complexity index is 84.6. The van der Waals surface area contributed by atoms with Crippen LogP contribution in [0.15, 0.2) is 0 Å². The third kappa shape index (κ3) is 7.78. The molecule has 0 heterocycles. The second-order valence-electron chi connectivity index (χ2n) is 1.72. The van der Waals surface area contributed by atoms with Gasteiger partial charge < -0.3 is 40.9 Å². The first-order valence-corrected chi connectivity index (χ1v) is 2.72. The lowest BCUT2D eigenvalue weighted by Gasteiger charge is -2.23. The Hall–Kier alpha value is -0.320. The highest BCUT2D eigenvalue weighted by Crippen LogP contribution is 2.07. The van der Waals surface area contributed by atoms with Gasteiger partial charge in [0.05, 0.1) is 13.2 Å². The van der Waals surface area contributed by atoms with E-state index in [0.717, 1.165) is 0 Å². The first-order chi connectivity index (χ1) is 5.16. The van der Waals surface area contributed by atoms with Crippen molar-refractivity contribution in [3.05, 3.63) is 0 Å². The SMILES string of the molecule is OC(O)(O)C(O)(O)O.OCCO. The molecule has 0 atom stereocenters. The molecule has 0 aromatic heterocycles. The van der Waals surface area contributed by atoms with Crippen molar-refractivity contribution >= 4 is 0 Å². The maximum atomic E-state index is 7.72. The highest BCUT2D eigenvalue weighted by molar-refractivity contribution is 4.54. The zero-order valence-electron chi connectivity index (χ0n) is 5.99. The molecule has 0 aliphatic rings. The molecule has 0 aromatic carbocycles. The molecule has 0 saturated heterocycles. The molecule has 0 spiro atoms. The first-order valence-electron chi connectivity index (χ1n) is 2.72. The Balaban J connectivity index is 0. The maximum absolute atomic E-state index is 7.72. The zero-order chi connectivity index (χ0) is 10.4. The van der Waals surface area contributed by atoms with Crippen LogP contribution in [-0.2, 0) is 0 Å². The topological polar surface area (TPSA) is 162 Å². The van der Waals surface area contributed by atoms with Crippen molar-refractivity contribution in [3.8, 4) is 0 Å². The van der Waals surface area contributed by atoms with Gasteiger partial charge >= 0.3 is 11.9 Å². The number of rotatable bonds is 2. The Morgan fingerprint density at radius 1 is 0.583 bits per heavy atom. The molecule has 0 rings (SSSR count). The molecule has 0 saturated carbocycles. The molecule has 0 fully saturated rings. The predicted molar refractivity (Wildman–Crippen MR) is 32.9 cm³/mol. The lowest BCUT2D eigenvalue weighted by atomic mass is 10.5. The van der Waals surface area contributed by atoms with Crippen molar-refractivity contribution in [2.75, 3.05) is 13.2 Å². The van der Waals surface area contributed by atoms with E-state index >= 15 is 0 Å². The normalized spacial score (nSPS) is 12.0. The standard InChI is InChI=1S/C2H6O6.C2H6O2/c3-1(4,5)2(6,7)8;3-1-2-4/h3-8H;3-4H,1-2H2. The minimum absolute atomic E-state index is 0.125. The van der Waals surface area contributed by atoms with Crippen molar-refractivity contribution in [2.45, 2.75) is 11.9 Å². The third-order valence-electron chi connectivity index (χ3n) is 0.550. The van der Waals surface area contributed by atoms with E-state index in [2.05, 4.69) is 0 Å². The van der Waals surface area contributed by atoms with Gasteiger partial charge in [-0.2, -0.15) is 0 Å². The lowest BCUT2D eigenvalue weighted by Crippen LogP contribution is -2.54. The summed E-state index contributed by atoms with van der Waals surface area (Å²) in [6, 6.07) is 0. The van der Waals surface area contributed by atoms with Crippen LogP contribution in [-0.4, -0.2) is 66.0 Å². The van der Waals surface area contributed by atoms with Crippen molar-refractivity contribution in [1.29, 1.82) is 0 Å². The predicted octanol–water partition coefficient (Wildman–Crippen LogP) is -4.78. The quantitative estimate of drug-likeness (QED) is 0.200. The Morgan fingerprint density at radius 2 is 0.750 bits per heavy atom. The Kier molecular flexibility index (Phi) is 6.34. The van der Waals surface area contributed by atoms with Crippen molar-refractivity contribution < 1.29 is 40.9 Å². The van der Waals surface area contributed by atoms with Gasteiger partial charge in [-0.3, -0.25) is 0 Å². The summed E-state index contributed by atoms with van der Waals surface area (Å²) in [5.74, 6) is -7.79. The smallest absolute Gasteiger partial charge is 0.362 e. The molecule has 8 N–H and O–H groups in total. The number of aliphatic hydroxyl groups is 8. The summed E-state index contributed by atoms with van der Waals surface area (Å²) in [5, 5.41) is 61.5. The van der Waals surface area contributed by atoms with E-state index in [4.69, 9.17) is 40.9 Å². The van der Waals surface area contributed by atoms with Crippen molar-refractivity contribution in [3.63, 3.8) is 0 Å². The molecular formula is C4H12O8. The fraction of sp³-hybridized carbons (Fsp3) is 1.00. The van der Waals surface area contributed by atoms with Crippen molar-refractivity contribution in [2.24, 2.45) is 0 Å². The molecule has 0 unspecified atom stereocenters. The van der Waals surface area contributed by atoms with E-state index in [0.29, 0.717) is 0 Å². The van der Waals surface area contributed by atoms with E-state index in [9.17, 15) is 0 Å². The second kappa shape index (κ2) is 5.35.